The summed E-state index contributed by atoms with van der Waals surface area (Å²) in [6, 6.07) is 21.1. The van der Waals surface area contributed by atoms with Crippen LogP contribution in [0.15, 0.2) is 48.5 Å². The predicted molar refractivity (Wildman–Crippen MR) is 172 cm³/mol. The average molecular weight is 561 g/mol. The molecule has 0 spiro atoms. The van der Waals surface area contributed by atoms with Crippen LogP contribution in [0, 0.1) is 47.3 Å². The van der Waals surface area contributed by atoms with Gasteiger partial charge in [-0.25, -0.2) is 0 Å². The summed E-state index contributed by atoms with van der Waals surface area (Å²) in [5, 5.41) is 0. The highest BCUT2D eigenvalue weighted by Crippen LogP contribution is 2.66. The number of benzene rings is 2. The number of hydrogen-bond acceptors (Lipinski definition) is 0. The van der Waals surface area contributed by atoms with E-state index in [4.69, 9.17) is 0 Å². The molecule has 6 saturated carbocycles. The van der Waals surface area contributed by atoms with Gasteiger partial charge in [0.05, 0.1) is 39.3 Å². The molecule has 12 bridgehead atoms. The highest BCUT2D eigenvalue weighted by Gasteiger charge is 2.59. The van der Waals surface area contributed by atoms with Gasteiger partial charge in [-0.2, -0.15) is 0 Å². The van der Waals surface area contributed by atoms with Gasteiger partial charge in [0.1, 0.15) is 11.4 Å². The van der Waals surface area contributed by atoms with Crippen molar-refractivity contribution < 1.29 is 0 Å². The Kier molecular flexibility index (Phi) is 4.78. The lowest BCUT2D eigenvalue weighted by Gasteiger charge is -2.63. The van der Waals surface area contributed by atoms with Crippen molar-refractivity contribution in [1.82, 2.24) is 8.97 Å². The van der Waals surface area contributed by atoms with E-state index < -0.39 is 0 Å². The third-order valence-corrected chi connectivity index (χ3v) is 15.8. The Morgan fingerprint density at radius 1 is 0.381 bits per heavy atom. The number of piperidine rings is 6. The van der Waals surface area contributed by atoms with E-state index in [0.29, 0.717) is 10.8 Å². The second-order valence-electron chi connectivity index (χ2n) is 18.6. The Labute approximate surface area is 254 Å². The van der Waals surface area contributed by atoms with E-state index >= 15 is 0 Å². The number of nitrogens with zero attached hydrogens (tertiary/aromatic N) is 2. The molecule has 6 saturated heterocycles. The SMILES string of the molecule is c1cc([N+]23CC4CC(CC(C4)C2)C3)ccc1C12CC3CC(C1)CC(c1ccc([N+]45CC6CC(CC(C6)C4)C5)cc1)(C3)C2. The van der Waals surface area contributed by atoms with Crippen LogP contribution >= 0.6 is 0 Å². The van der Waals surface area contributed by atoms with E-state index in [1.807, 2.05) is 0 Å². The van der Waals surface area contributed by atoms with E-state index in [0.717, 1.165) is 47.3 Å². The van der Waals surface area contributed by atoms with Gasteiger partial charge in [0, 0.05) is 35.5 Å². The smallest absolute Gasteiger partial charge is 0.132 e. The van der Waals surface area contributed by atoms with Crippen molar-refractivity contribution in [2.45, 2.75) is 87.9 Å². The summed E-state index contributed by atoms with van der Waals surface area (Å²) < 4.78 is 2.66. The summed E-state index contributed by atoms with van der Waals surface area (Å²) in [7, 11) is 0. The molecule has 2 heteroatoms. The van der Waals surface area contributed by atoms with Gasteiger partial charge < -0.3 is 0 Å². The summed E-state index contributed by atoms with van der Waals surface area (Å²) in [6.45, 7) is 8.60. The lowest BCUT2D eigenvalue weighted by Crippen LogP contribution is -2.67. The fourth-order valence-corrected chi connectivity index (χ4v) is 15.5. The maximum absolute atomic E-state index is 2.65. The predicted octanol–water partition coefficient (Wildman–Crippen LogP) is 8.21. The second-order valence-corrected chi connectivity index (χ2v) is 18.6. The summed E-state index contributed by atoms with van der Waals surface area (Å²) in [5.41, 5.74) is 7.59. The third-order valence-electron chi connectivity index (χ3n) is 15.8. The molecule has 0 radical (unpaired) electrons. The molecule has 0 amide bonds. The number of quaternary nitrogens is 2. The quantitative estimate of drug-likeness (QED) is 0.331. The van der Waals surface area contributed by atoms with Crippen molar-refractivity contribution in [3.63, 3.8) is 0 Å². The lowest BCUT2D eigenvalue weighted by atomic mass is 9.41. The van der Waals surface area contributed by atoms with Crippen molar-refractivity contribution in [2.75, 3.05) is 39.3 Å². The van der Waals surface area contributed by atoms with Gasteiger partial charge in [-0.1, -0.05) is 24.3 Å². The molecular weight excluding hydrogens is 508 g/mol. The minimum atomic E-state index is 0.422. The minimum Gasteiger partial charge on any atom is -0.290 e. The molecule has 6 aliphatic heterocycles. The fraction of sp³-hybridized carbons (Fsp3) is 0.700. The van der Waals surface area contributed by atoms with Gasteiger partial charge in [0.25, 0.3) is 0 Å². The normalized spacial score (nSPS) is 52.4. The molecule has 42 heavy (non-hydrogen) atoms. The zero-order chi connectivity index (χ0) is 27.3. The number of rotatable bonds is 4. The molecule has 2 aromatic carbocycles. The van der Waals surface area contributed by atoms with Gasteiger partial charge in [0.15, 0.2) is 0 Å². The number of hydrogen-bond donors (Lipinski definition) is 0. The van der Waals surface area contributed by atoms with Gasteiger partial charge >= 0.3 is 0 Å². The first kappa shape index (κ1) is 24.7. The Morgan fingerprint density at radius 3 is 0.976 bits per heavy atom. The molecular formula is C40H52N2+2. The second kappa shape index (κ2) is 8.14. The molecule has 0 aromatic heterocycles. The molecule has 0 unspecified atom stereocenters. The van der Waals surface area contributed by atoms with Crippen LogP contribution in [-0.4, -0.2) is 39.3 Å². The standard InChI is InChI=1S/C40H52N2/c1-5-37(41-20-27-9-28(21-41)11-29(10-27)22-41)6-2-35(1)39-16-33-15-34(17-39)19-40(18-33,26-39)36-3-7-38(8-4-36)42-23-30-12-31(24-42)14-32(13-30)25-42/h1-8,27-34H,9-26H2/q+2. The van der Waals surface area contributed by atoms with Crippen LogP contribution in [0.1, 0.15) is 88.2 Å². The van der Waals surface area contributed by atoms with Crippen LogP contribution in [0.5, 0.6) is 0 Å². The van der Waals surface area contributed by atoms with Crippen LogP contribution in [0.3, 0.4) is 0 Å². The molecule has 6 aliphatic carbocycles. The Hall–Kier alpha value is -1.64. The Balaban J connectivity index is 0.902. The lowest BCUT2D eigenvalue weighted by molar-refractivity contribution is -0.0284. The first-order valence-electron chi connectivity index (χ1n) is 18.4. The first-order valence-corrected chi connectivity index (χ1v) is 18.4. The Morgan fingerprint density at radius 2 is 0.667 bits per heavy atom. The average Bonchev–Trinajstić information content (AvgIpc) is 2.95. The van der Waals surface area contributed by atoms with Crippen LogP contribution < -0.4 is 8.97 Å². The van der Waals surface area contributed by atoms with E-state index in [1.165, 1.54) is 125 Å². The van der Waals surface area contributed by atoms with Crippen molar-refractivity contribution in [2.24, 2.45) is 47.3 Å². The third kappa shape index (κ3) is 3.35. The van der Waals surface area contributed by atoms with E-state index in [-0.39, 0.29) is 0 Å². The monoisotopic (exact) mass is 560 g/mol. The van der Waals surface area contributed by atoms with Crippen molar-refractivity contribution in [3.05, 3.63) is 59.7 Å². The van der Waals surface area contributed by atoms with Gasteiger partial charge in [-0.3, -0.25) is 8.97 Å². The summed E-state index contributed by atoms with van der Waals surface area (Å²) >= 11 is 0. The van der Waals surface area contributed by atoms with Crippen LogP contribution in [0.4, 0.5) is 11.4 Å². The molecule has 6 heterocycles. The largest absolute Gasteiger partial charge is 0.290 e. The summed E-state index contributed by atoms with van der Waals surface area (Å²) in [6.07, 6.45) is 17.9. The maximum Gasteiger partial charge on any atom is 0.132 e. The van der Waals surface area contributed by atoms with Crippen LogP contribution in [0.25, 0.3) is 0 Å². The van der Waals surface area contributed by atoms with Crippen molar-refractivity contribution in [1.29, 1.82) is 0 Å². The Bertz CT molecular complexity index is 1230. The first-order chi connectivity index (χ1) is 20.5. The summed E-state index contributed by atoms with van der Waals surface area (Å²) in [5.74, 6) is 7.91. The molecule has 0 atom stereocenters. The zero-order valence-electron chi connectivity index (χ0n) is 25.9. The van der Waals surface area contributed by atoms with Crippen LogP contribution in [0.2, 0.25) is 0 Å². The minimum absolute atomic E-state index is 0.422. The molecule has 2 aromatic rings. The van der Waals surface area contributed by atoms with Crippen LogP contribution in [-0.2, 0) is 10.8 Å². The molecule has 14 rings (SSSR count). The molecule has 0 N–H and O–H groups in total. The van der Waals surface area contributed by atoms with Gasteiger partial charge in [-0.15, -0.1) is 0 Å². The van der Waals surface area contributed by atoms with Gasteiger partial charge in [-0.05, 0) is 135 Å². The highest BCUT2D eigenvalue weighted by atomic mass is 15.4. The molecule has 2 nitrogen and oxygen atoms in total. The maximum atomic E-state index is 2.65. The molecule has 12 aliphatic rings. The van der Waals surface area contributed by atoms with Crippen molar-refractivity contribution >= 4 is 11.4 Å². The summed E-state index contributed by atoms with van der Waals surface area (Å²) in [4.78, 5) is 0. The molecule has 12 fully saturated rings. The van der Waals surface area contributed by atoms with Crippen molar-refractivity contribution in [3.8, 4) is 0 Å². The fourth-order valence-electron chi connectivity index (χ4n) is 15.5. The zero-order valence-corrected chi connectivity index (χ0v) is 25.9. The topological polar surface area (TPSA) is 0 Å². The molecule has 220 valence electrons. The van der Waals surface area contributed by atoms with Gasteiger partial charge in [0.2, 0.25) is 0 Å². The van der Waals surface area contributed by atoms with E-state index in [2.05, 4.69) is 48.5 Å². The highest BCUT2D eigenvalue weighted by molar-refractivity contribution is 5.51. The van der Waals surface area contributed by atoms with E-state index in [9.17, 15) is 0 Å². The van der Waals surface area contributed by atoms with E-state index in [1.54, 1.807) is 22.5 Å².